The van der Waals surface area contributed by atoms with Crippen molar-refractivity contribution in [1.82, 2.24) is 10.6 Å². The highest BCUT2D eigenvalue weighted by atomic mass is 32.2. The lowest BCUT2D eigenvalue weighted by Crippen LogP contribution is -2.60. The fraction of sp³-hybridized carbons (Fsp3) is 0.481. The van der Waals surface area contributed by atoms with Crippen molar-refractivity contribution in [1.29, 1.82) is 0 Å². The summed E-state index contributed by atoms with van der Waals surface area (Å²) < 4.78 is 0. The molecule has 2 amide bonds. The van der Waals surface area contributed by atoms with Crippen LogP contribution in [0.2, 0.25) is 0 Å². The Morgan fingerprint density at radius 1 is 1.06 bits per heavy atom. The molecule has 35 heavy (non-hydrogen) atoms. The monoisotopic (exact) mass is 493 g/mol. The van der Waals surface area contributed by atoms with Crippen LogP contribution >= 0.6 is 11.8 Å². The van der Waals surface area contributed by atoms with E-state index in [0.29, 0.717) is 11.1 Å². The van der Waals surface area contributed by atoms with Crippen LogP contribution in [0.4, 0.5) is 5.69 Å². The summed E-state index contributed by atoms with van der Waals surface area (Å²) in [6, 6.07) is 13.1. The van der Waals surface area contributed by atoms with Gasteiger partial charge >= 0.3 is 0 Å². The summed E-state index contributed by atoms with van der Waals surface area (Å²) in [4.78, 5) is 37.4. The van der Waals surface area contributed by atoms with Crippen molar-refractivity contribution >= 4 is 29.3 Å². The highest BCUT2D eigenvalue weighted by Crippen LogP contribution is 2.55. The molecule has 2 aromatic carbocycles. The third-order valence-electron chi connectivity index (χ3n) is 7.86. The number of hydrogen-bond donors (Lipinski definition) is 2. The van der Waals surface area contributed by atoms with Crippen LogP contribution in [0, 0.1) is 27.9 Å². The Kier molecular flexibility index (Phi) is 6.57. The van der Waals surface area contributed by atoms with Gasteiger partial charge in [-0.3, -0.25) is 19.7 Å². The first-order chi connectivity index (χ1) is 16.8. The van der Waals surface area contributed by atoms with Gasteiger partial charge in [0, 0.05) is 22.6 Å². The van der Waals surface area contributed by atoms with E-state index < -0.39 is 11.0 Å². The first-order valence-electron chi connectivity index (χ1n) is 12.4. The molecule has 0 aromatic heterocycles. The SMILES string of the molecule is CC(NC(=O)c1ccccc1SCC(=O)NC12CC3CC(CC(C3)C1)C2)c1cccc([N+](=O)[O-])c1. The van der Waals surface area contributed by atoms with Crippen LogP contribution in [0.5, 0.6) is 0 Å². The van der Waals surface area contributed by atoms with Crippen LogP contribution in [0.25, 0.3) is 0 Å². The van der Waals surface area contributed by atoms with Gasteiger partial charge in [-0.25, -0.2) is 0 Å². The van der Waals surface area contributed by atoms with E-state index in [0.717, 1.165) is 41.9 Å². The topological polar surface area (TPSA) is 101 Å². The van der Waals surface area contributed by atoms with E-state index in [1.807, 2.05) is 12.1 Å². The molecule has 0 saturated heterocycles. The zero-order valence-corrected chi connectivity index (χ0v) is 20.7. The molecule has 0 radical (unpaired) electrons. The lowest BCUT2D eigenvalue weighted by atomic mass is 9.53. The van der Waals surface area contributed by atoms with Gasteiger partial charge in [-0.2, -0.15) is 0 Å². The maximum atomic E-state index is 13.1. The number of carbonyl (C=O) groups is 2. The van der Waals surface area contributed by atoms with E-state index >= 15 is 0 Å². The number of thioether (sulfide) groups is 1. The number of rotatable bonds is 8. The molecule has 1 atom stereocenters. The van der Waals surface area contributed by atoms with Gasteiger partial charge in [0.1, 0.15) is 0 Å². The van der Waals surface area contributed by atoms with Gasteiger partial charge in [-0.1, -0.05) is 24.3 Å². The van der Waals surface area contributed by atoms with Crippen LogP contribution in [-0.2, 0) is 4.79 Å². The van der Waals surface area contributed by atoms with Crippen molar-refractivity contribution < 1.29 is 14.5 Å². The lowest BCUT2D eigenvalue weighted by molar-refractivity contribution is -0.384. The number of hydrogen-bond acceptors (Lipinski definition) is 5. The Hall–Kier alpha value is -2.87. The number of nitrogens with one attached hydrogen (secondary N) is 2. The minimum Gasteiger partial charge on any atom is -0.350 e. The largest absolute Gasteiger partial charge is 0.350 e. The molecule has 2 aromatic rings. The lowest BCUT2D eigenvalue weighted by Gasteiger charge is -2.56. The highest BCUT2D eigenvalue weighted by Gasteiger charge is 2.51. The van der Waals surface area contributed by atoms with Crippen molar-refractivity contribution in [2.75, 3.05) is 5.75 Å². The molecule has 4 fully saturated rings. The molecule has 0 heterocycles. The zero-order valence-electron chi connectivity index (χ0n) is 19.9. The Morgan fingerprint density at radius 3 is 2.37 bits per heavy atom. The molecule has 0 aliphatic heterocycles. The third-order valence-corrected chi connectivity index (χ3v) is 8.94. The second kappa shape index (κ2) is 9.64. The Labute approximate surface area is 209 Å². The number of carbonyl (C=O) groups excluding carboxylic acids is 2. The fourth-order valence-electron chi connectivity index (χ4n) is 6.78. The zero-order chi connectivity index (χ0) is 24.6. The smallest absolute Gasteiger partial charge is 0.269 e. The summed E-state index contributed by atoms with van der Waals surface area (Å²) in [6.45, 7) is 1.80. The first-order valence-corrected chi connectivity index (χ1v) is 13.4. The molecule has 2 N–H and O–H groups in total. The van der Waals surface area contributed by atoms with Crippen molar-refractivity contribution in [3.8, 4) is 0 Å². The second-order valence-corrected chi connectivity index (χ2v) is 11.6. The van der Waals surface area contributed by atoms with Crippen LogP contribution in [-0.4, -0.2) is 28.0 Å². The van der Waals surface area contributed by atoms with Gasteiger partial charge < -0.3 is 10.6 Å². The molecule has 184 valence electrons. The first kappa shape index (κ1) is 23.9. The average molecular weight is 494 g/mol. The molecule has 7 nitrogen and oxygen atoms in total. The molecule has 4 bridgehead atoms. The molecule has 4 aliphatic rings. The van der Waals surface area contributed by atoms with Gasteiger partial charge in [0.05, 0.1) is 22.3 Å². The van der Waals surface area contributed by atoms with Crippen LogP contribution in [0.1, 0.15) is 67.4 Å². The van der Waals surface area contributed by atoms with Crippen LogP contribution < -0.4 is 10.6 Å². The Bertz CT molecular complexity index is 1120. The summed E-state index contributed by atoms with van der Waals surface area (Å²) in [6.07, 6.45) is 7.35. The van der Waals surface area contributed by atoms with Crippen molar-refractivity contribution in [3.05, 3.63) is 69.8 Å². The number of amides is 2. The number of nitro benzene ring substituents is 1. The summed E-state index contributed by atoms with van der Waals surface area (Å²) >= 11 is 1.38. The average Bonchev–Trinajstić information content (AvgIpc) is 2.81. The molecular formula is C27H31N3O4S. The number of benzene rings is 2. The number of nitro groups is 1. The Balaban J connectivity index is 1.20. The van der Waals surface area contributed by atoms with E-state index in [1.54, 1.807) is 31.2 Å². The predicted octanol–water partition coefficient (Wildman–Crippen LogP) is 5.26. The molecule has 4 aliphatic carbocycles. The van der Waals surface area contributed by atoms with E-state index in [4.69, 9.17) is 0 Å². The molecule has 8 heteroatoms. The van der Waals surface area contributed by atoms with Gasteiger partial charge in [0.25, 0.3) is 11.6 Å². The van der Waals surface area contributed by atoms with Crippen molar-refractivity contribution in [2.45, 2.75) is 61.9 Å². The fourth-order valence-corrected chi connectivity index (χ4v) is 7.63. The second-order valence-electron chi connectivity index (χ2n) is 10.6. The maximum Gasteiger partial charge on any atom is 0.269 e. The van der Waals surface area contributed by atoms with Gasteiger partial charge in [-0.05, 0) is 80.9 Å². The number of non-ortho nitro benzene ring substituents is 1. The molecule has 0 spiro atoms. The Morgan fingerprint density at radius 2 is 1.71 bits per heavy atom. The summed E-state index contributed by atoms with van der Waals surface area (Å²) in [5, 5.41) is 17.4. The standard InChI is InChI=1S/C27H31N3O4S/c1-17(21-5-4-6-22(12-21)30(33)34)28-26(32)23-7-2-3-8-24(23)35-16-25(31)29-27-13-18-9-19(14-27)11-20(10-18)15-27/h2-8,12,17-20H,9-11,13-16H2,1H3,(H,28,32)(H,29,31). The molecule has 6 rings (SSSR count). The molecule has 4 saturated carbocycles. The summed E-state index contributed by atoms with van der Waals surface area (Å²) in [7, 11) is 0. The summed E-state index contributed by atoms with van der Waals surface area (Å²) in [5.41, 5.74) is 1.13. The summed E-state index contributed by atoms with van der Waals surface area (Å²) in [5.74, 6) is 2.35. The maximum absolute atomic E-state index is 13.1. The van der Waals surface area contributed by atoms with Crippen molar-refractivity contribution in [2.24, 2.45) is 17.8 Å². The molecular weight excluding hydrogens is 462 g/mol. The minimum absolute atomic E-state index is 0.00964. The minimum atomic E-state index is -0.446. The van der Waals surface area contributed by atoms with Gasteiger partial charge in [0.2, 0.25) is 5.91 Å². The van der Waals surface area contributed by atoms with E-state index in [1.165, 1.54) is 43.2 Å². The number of nitrogens with zero attached hydrogens (tertiary/aromatic N) is 1. The van der Waals surface area contributed by atoms with Crippen LogP contribution in [0.15, 0.2) is 53.4 Å². The van der Waals surface area contributed by atoms with Gasteiger partial charge in [0.15, 0.2) is 0 Å². The van der Waals surface area contributed by atoms with Crippen LogP contribution in [0.3, 0.4) is 0 Å². The van der Waals surface area contributed by atoms with E-state index in [-0.39, 0.29) is 28.8 Å². The van der Waals surface area contributed by atoms with E-state index in [9.17, 15) is 19.7 Å². The highest BCUT2D eigenvalue weighted by molar-refractivity contribution is 8.00. The predicted molar refractivity (Wildman–Crippen MR) is 135 cm³/mol. The van der Waals surface area contributed by atoms with Gasteiger partial charge in [-0.15, -0.1) is 11.8 Å². The third kappa shape index (κ3) is 5.22. The molecule has 1 unspecified atom stereocenters. The quantitative estimate of drug-likeness (QED) is 0.297. The van der Waals surface area contributed by atoms with Crippen molar-refractivity contribution in [3.63, 3.8) is 0 Å². The normalized spacial score (nSPS) is 27.3. The van der Waals surface area contributed by atoms with E-state index in [2.05, 4.69) is 10.6 Å².